The van der Waals surface area contributed by atoms with Gasteiger partial charge in [0.2, 0.25) is 0 Å². The van der Waals surface area contributed by atoms with Crippen LogP contribution in [0.1, 0.15) is 40.6 Å². The molecule has 1 amide bonds. The molecular weight excluding hydrogens is 281 g/mol. The van der Waals surface area contributed by atoms with Crippen molar-refractivity contribution in [2.75, 3.05) is 6.54 Å². The molecule has 1 saturated heterocycles. The molecule has 2 atom stereocenters. The summed E-state index contributed by atoms with van der Waals surface area (Å²) in [5.41, 5.74) is 4.26. The summed E-state index contributed by atoms with van der Waals surface area (Å²) in [6, 6.07) is 12.7. The minimum atomic E-state index is -0.929. The highest BCUT2D eigenvalue weighted by Crippen LogP contribution is 2.48. The number of carbonyl (C=O) groups is 1. The molecule has 1 aliphatic carbocycles. The largest absolute Gasteiger partial charge is 0.465 e. The SMILES string of the molecule is O=C(O)N1CCC2c3ccccc3Cc3ccc(F)cc3C21. The van der Waals surface area contributed by atoms with E-state index in [1.54, 1.807) is 6.07 Å². The number of hydrogen-bond acceptors (Lipinski definition) is 1. The first kappa shape index (κ1) is 13.3. The van der Waals surface area contributed by atoms with E-state index in [0.29, 0.717) is 6.54 Å². The van der Waals surface area contributed by atoms with Crippen molar-refractivity contribution in [3.8, 4) is 0 Å². The van der Waals surface area contributed by atoms with E-state index >= 15 is 0 Å². The van der Waals surface area contributed by atoms with Crippen LogP contribution >= 0.6 is 0 Å². The molecule has 0 radical (unpaired) electrons. The van der Waals surface area contributed by atoms with Crippen molar-refractivity contribution in [2.24, 2.45) is 0 Å². The van der Waals surface area contributed by atoms with Gasteiger partial charge >= 0.3 is 6.09 Å². The second-order valence-corrected chi connectivity index (χ2v) is 6.03. The topological polar surface area (TPSA) is 40.5 Å². The number of hydrogen-bond donors (Lipinski definition) is 1. The van der Waals surface area contributed by atoms with Crippen LogP contribution in [0.15, 0.2) is 42.5 Å². The number of benzene rings is 2. The van der Waals surface area contributed by atoms with Crippen LogP contribution in [0.25, 0.3) is 0 Å². The Hall–Kier alpha value is -2.36. The molecule has 4 heteroatoms. The van der Waals surface area contributed by atoms with Crippen molar-refractivity contribution < 1.29 is 14.3 Å². The molecular formula is C18H16FNO2. The highest BCUT2D eigenvalue weighted by Gasteiger charge is 2.42. The molecule has 0 spiro atoms. The quantitative estimate of drug-likeness (QED) is 0.800. The predicted molar refractivity (Wildman–Crippen MR) is 80.5 cm³/mol. The number of likely N-dealkylation sites (tertiary alicyclic amines) is 1. The highest BCUT2D eigenvalue weighted by molar-refractivity contribution is 5.67. The van der Waals surface area contributed by atoms with Crippen molar-refractivity contribution in [2.45, 2.75) is 24.8 Å². The van der Waals surface area contributed by atoms with Crippen LogP contribution in [0.5, 0.6) is 0 Å². The molecule has 2 aliphatic rings. The molecule has 1 fully saturated rings. The van der Waals surface area contributed by atoms with E-state index < -0.39 is 6.09 Å². The molecule has 2 aromatic rings. The summed E-state index contributed by atoms with van der Waals surface area (Å²) in [7, 11) is 0. The van der Waals surface area contributed by atoms with Crippen molar-refractivity contribution in [1.29, 1.82) is 0 Å². The maximum Gasteiger partial charge on any atom is 0.407 e. The standard InChI is InChI=1S/C18H16FNO2/c19-13-6-5-12-9-11-3-1-2-4-14(11)15-7-8-20(18(21)22)17(15)16(12)10-13/h1-6,10,15,17H,7-9H2,(H,21,22). The van der Waals surface area contributed by atoms with Gasteiger partial charge in [-0.25, -0.2) is 9.18 Å². The third-order valence-corrected chi connectivity index (χ3v) is 4.91. The molecule has 3 nitrogen and oxygen atoms in total. The summed E-state index contributed by atoms with van der Waals surface area (Å²) < 4.78 is 13.8. The van der Waals surface area contributed by atoms with Crippen molar-refractivity contribution in [1.82, 2.24) is 4.90 Å². The molecule has 1 N–H and O–H groups in total. The second-order valence-electron chi connectivity index (χ2n) is 6.03. The van der Waals surface area contributed by atoms with E-state index in [1.807, 2.05) is 12.1 Å². The Kier molecular flexibility index (Phi) is 2.93. The van der Waals surface area contributed by atoms with Crippen LogP contribution in [0.4, 0.5) is 9.18 Å². The average Bonchev–Trinajstić information content (AvgIpc) is 2.89. The summed E-state index contributed by atoms with van der Waals surface area (Å²) in [5.74, 6) is -0.198. The van der Waals surface area contributed by atoms with E-state index in [1.165, 1.54) is 28.2 Å². The van der Waals surface area contributed by atoms with Gasteiger partial charge in [0, 0.05) is 12.5 Å². The summed E-state index contributed by atoms with van der Waals surface area (Å²) in [4.78, 5) is 13.1. The molecule has 2 aromatic carbocycles. The van der Waals surface area contributed by atoms with Gasteiger partial charge in [-0.3, -0.25) is 0 Å². The van der Waals surface area contributed by atoms with E-state index in [-0.39, 0.29) is 17.8 Å². The molecule has 4 rings (SSSR count). The minimum absolute atomic E-state index is 0.107. The van der Waals surface area contributed by atoms with Gasteiger partial charge in [0.25, 0.3) is 0 Å². The van der Waals surface area contributed by atoms with E-state index in [0.717, 1.165) is 24.0 Å². The Morgan fingerprint density at radius 1 is 1.14 bits per heavy atom. The minimum Gasteiger partial charge on any atom is -0.465 e. The molecule has 2 unspecified atom stereocenters. The normalized spacial score (nSPS) is 22.5. The number of fused-ring (bicyclic) bond motifs is 5. The second kappa shape index (κ2) is 4.83. The Morgan fingerprint density at radius 2 is 1.91 bits per heavy atom. The first-order valence-electron chi connectivity index (χ1n) is 7.51. The number of amides is 1. The first-order valence-corrected chi connectivity index (χ1v) is 7.51. The zero-order valence-electron chi connectivity index (χ0n) is 12.0. The van der Waals surface area contributed by atoms with Gasteiger partial charge in [0.1, 0.15) is 5.82 Å². The Morgan fingerprint density at radius 3 is 2.73 bits per heavy atom. The van der Waals surface area contributed by atoms with Gasteiger partial charge in [-0.2, -0.15) is 0 Å². The molecule has 22 heavy (non-hydrogen) atoms. The maximum absolute atomic E-state index is 13.8. The van der Waals surface area contributed by atoms with E-state index in [4.69, 9.17) is 0 Å². The van der Waals surface area contributed by atoms with Gasteiger partial charge in [-0.1, -0.05) is 30.3 Å². The summed E-state index contributed by atoms with van der Waals surface area (Å²) in [5, 5.41) is 9.52. The monoisotopic (exact) mass is 297 g/mol. The van der Waals surface area contributed by atoms with Crippen LogP contribution in [0.2, 0.25) is 0 Å². The molecule has 1 aliphatic heterocycles. The Balaban J connectivity index is 1.95. The van der Waals surface area contributed by atoms with Gasteiger partial charge in [0.05, 0.1) is 6.04 Å². The van der Waals surface area contributed by atoms with Crippen LogP contribution in [0.3, 0.4) is 0 Å². The van der Waals surface area contributed by atoms with Crippen molar-refractivity contribution >= 4 is 6.09 Å². The van der Waals surface area contributed by atoms with E-state index in [9.17, 15) is 14.3 Å². The van der Waals surface area contributed by atoms with Gasteiger partial charge < -0.3 is 10.0 Å². The first-order chi connectivity index (χ1) is 10.6. The summed E-state index contributed by atoms with van der Waals surface area (Å²) in [6.07, 6.45) is 0.581. The third-order valence-electron chi connectivity index (χ3n) is 4.91. The molecule has 112 valence electrons. The zero-order valence-corrected chi connectivity index (χ0v) is 12.0. The Labute approximate surface area is 128 Å². The number of nitrogens with zero attached hydrogens (tertiary/aromatic N) is 1. The van der Waals surface area contributed by atoms with Crippen LogP contribution < -0.4 is 0 Å². The van der Waals surface area contributed by atoms with E-state index in [2.05, 4.69) is 12.1 Å². The molecule has 1 heterocycles. The zero-order chi connectivity index (χ0) is 15.3. The summed E-state index contributed by atoms with van der Waals surface area (Å²) >= 11 is 0. The molecule has 0 saturated carbocycles. The van der Waals surface area contributed by atoms with Crippen LogP contribution in [0, 0.1) is 5.82 Å². The Bertz CT molecular complexity index is 759. The average molecular weight is 297 g/mol. The number of carboxylic acid groups (broad SMARTS) is 1. The fraction of sp³-hybridized carbons (Fsp3) is 0.278. The lowest BCUT2D eigenvalue weighted by Gasteiger charge is -2.27. The summed E-state index contributed by atoms with van der Waals surface area (Å²) in [6.45, 7) is 0.495. The highest BCUT2D eigenvalue weighted by atomic mass is 19.1. The fourth-order valence-electron chi connectivity index (χ4n) is 3.98. The van der Waals surface area contributed by atoms with Crippen LogP contribution in [-0.4, -0.2) is 22.6 Å². The third kappa shape index (κ3) is 1.90. The van der Waals surface area contributed by atoms with Crippen molar-refractivity contribution in [3.63, 3.8) is 0 Å². The maximum atomic E-state index is 13.8. The predicted octanol–water partition coefficient (Wildman–Crippen LogP) is 3.94. The molecule has 0 bridgehead atoms. The lowest BCUT2D eigenvalue weighted by Crippen LogP contribution is -2.30. The van der Waals surface area contributed by atoms with Gasteiger partial charge in [-0.05, 0) is 47.2 Å². The lowest BCUT2D eigenvalue weighted by atomic mass is 9.87. The number of rotatable bonds is 0. The van der Waals surface area contributed by atoms with Gasteiger partial charge in [-0.15, -0.1) is 0 Å². The van der Waals surface area contributed by atoms with Gasteiger partial charge in [0.15, 0.2) is 0 Å². The fourth-order valence-corrected chi connectivity index (χ4v) is 3.98. The van der Waals surface area contributed by atoms with Crippen molar-refractivity contribution in [3.05, 3.63) is 70.5 Å². The van der Waals surface area contributed by atoms with Crippen LogP contribution in [-0.2, 0) is 6.42 Å². The lowest BCUT2D eigenvalue weighted by molar-refractivity contribution is 0.138. The molecule has 0 aromatic heterocycles. The number of halogens is 1. The smallest absolute Gasteiger partial charge is 0.407 e.